The largest absolute Gasteiger partial charge is 0.275 e. The van der Waals surface area contributed by atoms with Crippen molar-refractivity contribution in [1.29, 1.82) is 0 Å². The quantitative estimate of drug-likeness (QED) is 0.317. The van der Waals surface area contributed by atoms with E-state index in [0.717, 1.165) is 9.21 Å². The molecule has 3 aromatic rings. The Hall–Kier alpha value is -1.56. The fraction of sp³-hybridized carbons (Fsp3) is 0.368. The van der Waals surface area contributed by atoms with Gasteiger partial charge in [-0.3, -0.25) is 9.30 Å². The fourth-order valence-electron chi connectivity index (χ4n) is 3.16. The Labute approximate surface area is 190 Å². The van der Waals surface area contributed by atoms with Crippen LogP contribution >= 0.6 is 35.2 Å². The highest BCUT2D eigenvalue weighted by molar-refractivity contribution is 7.89. The van der Waals surface area contributed by atoms with Gasteiger partial charge in [-0.1, -0.05) is 31.5 Å². The number of aromatic nitrogens is 3. The molecule has 0 aliphatic carbocycles. The van der Waals surface area contributed by atoms with Crippen molar-refractivity contribution >= 4 is 50.8 Å². The number of rotatable bonds is 10. The summed E-state index contributed by atoms with van der Waals surface area (Å²) in [5, 5.41) is 4.56. The maximum atomic E-state index is 12.8. The van der Waals surface area contributed by atoms with Gasteiger partial charge in [0.15, 0.2) is 5.65 Å². The number of pyridine rings is 1. The maximum Gasteiger partial charge on any atom is 0.244 e. The molecule has 3 aromatic heterocycles. The second kappa shape index (κ2) is 9.71. The topological polar surface area (TPSA) is 62.9 Å². The molecule has 0 bridgehead atoms. The molecule has 3 rings (SSSR count). The minimum Gasteiger partial charge on any atom is -0.275 e. The molecule has 3 heterocycles. The van der Waals surface area contributed by atoms with Crippen LogP contribution in [0.25, 0.3) is 5.65 Å². The highest BCUT2D eigenvalue weighted by atomic mass is 35.5. The zero-order valence-corrected chi connectivity index (χ0v) is 20.1. The molecule has 30 heavy (non-hydrogen) atoms. The van der Waals surface area contributed by atoms with Crippen LogP contribution in [0.3, 0.4) is 0 Å². The molecule has 0 aliphatic heterocycles. The summed E-state index contributed by atoms with van der Waals surface area (Å²) in [4.78, 5) is 3.46. The Morgan fingerprint density at radius 2 is 2.00 bits per heavy atom. The van der Waals surface area contributed by atoms with Crippen molar-refractivity contribution in [3.05, 3.63) is 57.1 Å². The summed E-state index contributed by atoms with van der Waals surface area (Å²) in [5.41, 5.74) is 0.594. The minimum atomic E-state index is -3.58. The van der Waals surface area contributed by atoms with Crippen LogP contribution in [0.15, 0.2) is 48.0 Å². The van der Waals surface area contributed by atoms with Crippen LogP contribution in [0, 0.1) is 4.77 Å². The first-order chi connectivity index (χ1) is 14.3. The lowest BCUT2D eigenvalue weighted by Gasteiger charge is -2.19. The lowest BCUT2D eigenvalue weighted by molar-refractivity contribution is 0.221. The molecule has 0 fully saturated rings. The molecule has 0 unspecified atom stereocenters. The second-order valence-electron chi connectivity index (χ2n) is 6.61. The zero-order chi connectivity index (χ0) is 21.9. The first kappa shape index (κ1) is 23.1. The van der Waals surface area contributed by atoms with Crippen LogP contribution in [0.4, 0.5) is 0 Å². The number of hydrogen-bond acceptors (Lipinski definition) is 6. The van der Waals surface area contributed by atoms with Crippen molar-refractivity contribution in [2.24, 2.45) is 0 Å². The second-order valence-corrected chi connectivity index (χ2v) is 10.7. The molecule has 0 aromatic carbocycles. The third kappa shape index (κ3) is 4.84. The van der Waals surface area contributed by atoms with Crippen LogP contribution in [-0.4, -0.2) is 51.4 Å². The smallest absolute Gasteiger partial charge is 0.244 e. The number of hydrogen-bond donors (Lipinski definition) is 0. The van der Waals surface area contributed by atoms with Crippen molar-refractivity contribution in [2.45, 2.75) is 32.0 Å². The molecule has 162 valence electrons. The van der Waals surface area contributed by atoms with Crippen LogP contribution in [-0.2, 0) is 23.2 Å². The Kier molecular flexibility index (Phi) is 7.48. The van der Waals surface area contributed by atoms with Crippen LogP contribution < -0.4 is 0 Å². The van der Waals surface area contributed by atoms with E-state index in [1.54, 1.807) is 27.4 Å². The average Bonchev–Trinajstić information content (AvgIpc) is 3.25. The molecule has 0 amide bonds. The highest BCUT2D eigenvalue weighted by Gasteiger charge is 2.22. The van der Waals surface area contributed by atoms with E-state index in [4.69, 9.17) is 23.8 Å². The Morgan fingerprint density at radius 3 is 2.60 bits per heavy atom. The van der Waals surface area contributed by atoms with Crippen molar-refractivity contribution in [3.8, 4) is 0 Å². The molecule has 0 radical (unpaired) electrons. The summed E-state index contributed by atoms with van der Waals surface area (Å²) in [6.45, 7) is 10.1. The van der Waals surface area contributed by atoms with E-state index in [1.807, 2.05) is 32.1 Å². The Balaban J connectivity index is 1.92. The summed E-state index contributed by atoms with van der Waals surface area (Å²) in [7, 11) is -3.58. The summed E-state index contributed by atoms with van der Waals surface area (Å²) in [6.07, 6.45) is 3.37. The maximum absolute atomic E-state index is 12.8. The van der Waals surface area contributed by atoms with Gasteiger partial charge >= 0.3 is 0 Å². The van der Waals surface area contributed by atoms with Gasteiger partial charge in [-0.05, 0) is 36.5 Å². The lowest BCUT2D eigenvalue weighted by atomic mass is 10.4. The molecule has 7 nitrogen and oxygen atoms in total. The van der Waals surface area contributed by atoms with Crippen LogP contribution in [0.2, 0.25) is 4.34 Å². The summed E-state index contributed by atoms with van der Waals surface area (Å²) >= 11 is 13.2. The third-order valence-corrected chi connectivity index (χ3v) is 8.28. The van der Waals surface area contributed by atoms with E-state index in [-0.39, 0.29) is 4.90 Å². The van der Waals surface area contributed by atoms with Crippen molar-refractivity contribution in [3.63, 3.8) is 0 Å². The summed E-state index contributed by atoms with van der Waals surface area (Å²) in [5.74, 6) is 0. The van der Waals surface area contributed by atoms with Gasteiger partial charge in [-0.15, -0.1) is 17.9 Å². The fourth-order valence-corrected chi connectivity index (χ4v) is 5.99. The van der Waals surface area contributed by atoms with Gasteiger partial charge < -0.3 is 0 Å². The number of fused-ring (bicyclic) bond motifs is 1. The first-order valence-corrected chi connectivity index (χ1v) is 12.5. The minimum absolute atomic E-state index is 0.200. The van der Waals surface area contributed by atoms with Gasteiger partial charge in [0, 0.05) is 37.3 Å². The standard InChI is InChI=1S/C19H24ClN5O2S3/c1-4-11-22(12-15-7-9-17(20)29-15)14-25-19(28)24-13-16(8-10-18(24)21-25)30(26,27)23(5-2)6-3/h4,7-10,13H,1,5-6,11-12,14H2,2-3H3. The summed E-state index contributed by atoms with van der Waals surface area (Å²) in [6, 6.07) is 7.13. The molecular weight excluding hydrogens is 462 g/mol. The Bertz CT molecular complexity index is 1190. The van der Waals surface area contributed by atoms with Gasteiger partial charge in [-0.25, -0.2) is 13.1 Å². The van der Waals surface area contributed by atoms with Crippen LogP contribution in [0.5, 0.6) is 0 Å². The number of nitrogens with zero attached hydrogens (tertiary/aromatic N) is 5. The molecule has 0 spiro atoms. The molecule has 0 atom stereocenters. The number of halogens is 1. The molecule has 0 saturated carbocycles. The normalized spacial score (nSPS) is 12.3. The van der Waals surface area contributed by atoms with Gasteiger partial charge in [0.2, 0.25) is 14.8 Å². The van der Waals surface area contributed by atoms with E-state index >= 15 is 0 Å². The Morgan fingerprint density at radius 1 is 1.27 bits per heavy atom. The third-order valence-electron chi connectivity index (χ3n) is 4.62. The first-order valence-electron chi connectivity index (χ1n) is 9.47. The molecule has 0 saturated heterocycles. The monoisotopic (exact) mass is 485 g/mol. The average molecular weight is 486 g/mol. The molecule has 0 aliphatic rings. The van der Waals surface area contributed by atoms with Crippen LogP contribution in [0.1, 0.15) is 18.7 Å². The lowest BCUT2D eigenvalue weighted by Crippen LogP contribution is -2.30. The van der Waals surface area contributed by atoms with Crippen molar-refractivity contribution in [2.75, 3.05) is 19.6 Å². The molecular formula is C19H24ClN5O2S3. The molecule has 11 heteroatoms. The van der Waals surface area contributed by atoms with E-state index < -0.39 is 10.0 Å². The van der Waals surface area contributed by atoms with E-state index in [2.05, 4.69) is 16.6 Å². The van der Waals surface area contributed by atoms with Gasteiger partial charge in [-0.2, -0.15) is 9.40 Å². The number of sulfonamides is 1. The number of thiophene rings is 1. The van der Waals surface area contributed by atoms with Gasteiger partial charge in [0.05, 0.1) is 15.9 Å². The highest BCUT2D eigenvalue weighted by Crippen LogP contribution is 2.23. The zero-order valence-electron chi connectivity index (χ0n) is 16.9. The summed E-state index contributed by atoms with van der Waals surface area (Å²) < 4.78 is 31.6. The van der Waals surface area contributed by atoms with Crippen molar-refractivity contribution < 1.29 is 8.42 Å². The predicted molar refractivity (Wildman–Crippen MR) is 124 cm³/mol. The predicted octanol–water partition coefficient (Wildman–Crippen LogP) is 4.26. The van der Waals surface area contributed by atoms with Gasteiger partial charge in [0.1, 0.15) is 0 Å². The molecule has 0 N–H and O–H groups in total. The van der Waals surface area contributed by atoms with E-state index in [0.29, 0.717) is 43.3 Å². The van der Waals surface area contributed by atoms with E-state index in [1.165, 1.54) is 15.6 Å². The van der Waals surface area contributed by atoms with E-state index in [9.17, 15) is 8.42 Å². The van der Waals surface area contributed by atoms with Gasteiger partial charge in [0.25, 0.3) is 0 Å². The SMILES string of the molecule is C=CCN(Cc1ccc(Cl)s1)Cn1nc2ccc(S(=O)(=O)N(CC)CC)cn2c1=S. The van der Waals surface area contributed by atoms with Crippen molar-refractivity contribution in [1.82, 2.24) is 23.4 Å².